The number of nitrogens with one attached hydrogen (secondary N) is 1. The van der Waals surface area contributed by atoms with Gasteiger partial charge in [0.2, 0.25) is 11.9 Å². The molecule has 4 rings (SSSR count). The second kappa shape index (κ2) is 6.89. The van der Waals surface area contributed by atoms with Crippen molar-refractivity contribution in [3.63, 3.8) is 0 Å². The molecule has 3 aromatic heterocycles. The van der Waals surface area contributed by atoms with Crippen molar-refractivity contribution in [1.29, 1.82) is 0 Å². The van der Waals surface area contributed by atoms with Gasteiger partial charge in [0.25, 0.3) is 0 Å². The number of hydrogen-bond donors (Lipinski definition) is 3. The molecular formula is C17H19N9. The SMILES string of the molecule is Nc1ncc(-c2nc(N)ncc2-c2ccc(N3CCNCC3)nc2)cn1. The van der Waals surface area contributed by atoms with E-state index in [9.17, 15) is 0 Å². The van der Waals surface area contributed by atoms with Crippen LogP contribution >= 0.6 is 0 Å². The van der Waals surface area contributed by atoms with E-state index in [1.54, 1.807) is 18.6 Å². The quantitative estimate of drug-likeness (QED) is 0.620. The molecule has 0 saturated carbocycles. The van der Waals surface area contributed by atoms with Gasteiger partial charge in [-0.1, -0.05) is 0 Å². The van der Waals surface area contributed by atoms with Gasteiger partial charge in [0.1, 0.15) is 5.82 Å². The standard InChI is InChI=1S/C17H19N9/c18-16-22-8-12(9-23-16)15-13(10-24-17(19)25-15)11-1-2-14(21-7-11)26-5-3-20-4-6-26/h1-2,7-10,20H,3-6H2,(H2,18,22,23)(H2,19,24,25). The molecule has 9 nitrogen and oxygen atoms in total. The fraction of sp³-hybridized carbons (Fsp3) is 0.235. The molecule has 1 aliphatic heterocycles. The fourth-order valence-corrected chi connectivity index (χ4v) is 2.91. The molecule has 0 radical (unpaired) electrons. The van der Waals surface area contributed by atoms with Crippen molar-refractivity contribution in [2.75, 3.05) is 42.5 Å². The van der Waals surface area contributed by atoms with Gasteiger partial charge in [0, 0.05) is 67.7 Å². The van der Waals surface area contributed by atoms with Crippen LogP contribution in [0.2, 0.25) is 0 Å². The van der Waals surface area contributed by atoms with Crippen LogP contribution in [0.4, 0.5) is 17.7 Å². The van der Waals surface area contributed by atoms with E-state index < -0.39 is 0 Å². The fourth-order valence-electron chi connectivity index (χ4n) is 2.91. The lowest BCUT2D eigenvalue weighted by Gasteiger charge is -2.28. The summed E-state index contributed by atoms with van der Waals surface area (Å²) in [4.78, 5) is 23.4. The molecule has 4 heterocycles. The second-order valence-electron chi connectivity index (χ2n) is 5.96. The molecule has 5 N–H and O–H groups in total. The van der Waals surface area contributed by atoms with Gasteiger partial charge in [-0.05, 0) is 12.1 Å². The number of nitrogens with two attached hydrogens (primary N) is 2. The van der Waals surface area contributed by atoms with Crippen LogP contribution in [0, 0.1) is 0 Å². The van der Waals surface area contributed by atoms with Gasteiger partial charge < -0.3 is 21.7 Å². The highest BCUT2D eigenvalue weighted by Crippen LogP contribution is 2.30. The smallest absolute Gasteiger partial charge is 0.220 e. The Hall–Kier alpha value is -3.33. The van der Waals surface area contributed by atoms with Gasteiger partial charge in [-0.2, -0.15) is 0 Å². The van der Waals surface area contributed by atoms with E-state index >= 15 is 0 Å². The molecule has 9 heteroatoms. The van der Waals surface area contributed by atoms with Crippen LogP contribution in [0.5, 0.6) is 0 Å². The highest BCUT2D eigenvalue weighted by Gasteiger charge is 2.14. The number of rotatable bonds is 3. The van der Waals surface area contributed by atoms with E-state index in [0.717, 1.165) is 48.7 Å². The molecule has 0 unspecified atom stereocenters. The second-order valence-corrected chi connectivity index (χ2v) is 5.96. The molecule has 0 amide bonds. The molecule has 0 spiro atoms. The zero-order valence-electron chi connectivity index (χ0n) is 14.1. The maximum Gasteiger partial charge on any atom is 0.220 e. The van der Waals surface area contributed by atoms with E-state index in [2.05, 4.69) is 35.1 Å². The van der Waals surface area contributed by atoms with Gasteiger partial charge in [0.05, 0.1) is 5.69 Å². The van der Waals surface area contributed by atoms with E-state index in [-0.39, 0.29) is 11.9 Å². The lowest BCUT2D eigenvalue weighted by atomic mass is 10.0. The Kier molecular flexibility index (Phi) is 4.28. The van der Waals surface area contributed by atoms with Gasteiger partial charge in [-0.15, -0.1) is 0 Å². The van der Waals surface area contributed by atoms with E-state index in [1.807, 2.05) is 18.3 Å². The summed E-state index contributed by atoms with van der Waals surface area (Å²) in [7, 11) is 0. The number of piperazine rings is 1. The number of nitrogen functional groups attached to an aromatic ring is 2. The Labute approximate surface area is 150 Å². The highest BCUT2D eigenvalue weighted by molar-refractivity contribution is 5.80. The first-order chi connectivity index (χ1) is 12.7. The third kappa shape index (κ3) is 3.24. The van der Waals surface area contributed by atoms with Crippen molar-refractivity contribution in [1.82, 2.24) is 30.2 Å². The summed E-state index contributed by atoms with van der Waals surface area (Å²) in [5.74, 6) is 1.36. The Morgan fingerprint density at radius 1 is 0.808 bits per heavy atom. The maximum absolute atomic E-state index is 5.78. The van der Waals surface area contributed by atoms with E-state index in [1.165, 1.54) is 0 Å². The molecule has 0 aliphatic carbocycles. The third-order valence-electron chi connectivity index (χ3n) is 4.25. The van der Waals surface area contributed by atoms with Crippen LogP contribution in [0.3, 0.4) is 0 Å². The zero-order chi connectivity index (χ0) is 17.9. The Balaban J connectivity index is 1.70. The minimum Gasteiger partial charge on any atom is -0.368 e. The number of anilines is 3. The monoisotopic (exact) mass is 349 g/mol. The first-order valence-electron chi connectivity index (χ1n) is 8.33. The Bertz CT molecular complexity index is 887. The van der Waals surface area contributed by atoms with Crippen LogP contribution in [0.15, 0.2) is 36.9 Å². The van der Waals surface area contributed by atoms with Gasteiger partial charge in [0.15, 0.2) is 0 Å². The van der Waals surface area contributed by atoms with Crippen molar-refractivity contribution >= 4 is 17.7 Å². The molecule has 3 aromatic rings. The van der Waals surface area contributed by atoms with Gasteiger partial charge in [-0.3, -0.25) is 0 Å². The first kappa shape index (κ1) is 16.2. The molecule has 132 valence electrons. The van der Waals surface area contributed by atoms with Crippen molar-refractivity contribution in [2.45, 2.75) is 0 Å². The highest BCUT2D eigenvalue weighted by atomic mass is 15.2. The summed E-state index contributed by atoms with van der Waals surface area (Å²) in [6, 6.07) is 4.03. The minimum absolute atomic E-state index is 0.186. The summed E-state index contributed by atoms with van der Waals surface area (Å²) in [6.07, 6.45) is 6.76. The topological polar surface area (TPSA) is 132 Å². The molecule has 1 fully saturated rings. The van der Waals surface area contributed by atoms with Crippen molar-refractivity contribution in [2.24, 2.45) is 0 Å². The minimum atomic E-state index is 0.186. The Morgan fingerprint density at radius 3 is 2.19 bits per heavy atom. The summed E-state index contributed by atoms with van der Waals surface area (Å²) in [5, 5.41) is 3.34. The third-order valence-corrected chi connectivity index (χ3v) is 4.25. The molecule has 26 heavy (non-hydrogen) atoms. The Morgan fingerprint density at radius 2 is 1.50 bits per heavy atom. The average Bonchev–Trinajstić information content (AvgIpc) is 2.69. The van der Waals surface area contributed by atoms with Crippen molar-refractivity contribution in [3.05, 3.63) is 36.9 Å². The first-order valence-corrected chi connectivity index (χ1v) is 8.33. The molecule has 0 aromatic carbocycles. The lowest BCUT2D eigenvalue weighted by molar-refractivity contribution is 0.585. The van der Waals surface area contributed by atoms with E-state index in [0.29, 0.717) is 5.69 Å². The molecule has 1 saturated heterocycles. The van der Waals surface area contributed by atoms with Gasteiger partial charge in [-0.25, -0.2) is 24.9 Å². The molecule has 1 aliphatic rings. The predicted octanol–water partition coefficient (Wildman–Crippen LogP) is 0.570. The summed E-state index contributed by atoms with van der Waals surface area (Å²) >= 11 is 0. The number of hydrogen-bond acceptors (Lipinski definition) is 9. The lowest BCUT2D eigenvalue weighted by Crippen LogP contribution is -2.43. The normalized spacial score (nSPS) is 14.4. The van der Waals surface area contributed by atoms with Crippen LogP contribution in [-0.4, -0.2) is 51.1 Å². The maximum atomic E-state index is 5.78. The number of pyridine rings is 1. The van der Waals surface area contributed by atoms with Crippen molar-refractivity contribution in [3.8, 4) is 22.4 Å². The van der Waals surface area contributed by atoms with Crippen LogP contribution in [-0.2, 0) is 0 Å². The largest absolute Gasteiger partial charge is 0.368 e. The molecule has 0 bridgehead atoms. The predicted molar refractivity (Wildman–Crippen MR) is 100 cm³/mol. The van der Waals surface area contributed by atoms with Crippen LogP contribution in [0.25, 0.3) is 22.4 Å². The summed E-state index contributed by atoms with van der Waals surface area (Å²) in [5.41, 5.74) is 14.4. The number of aromatic nitrogens is 5. The van der Waals surface area contributed by atoms with E-state index in [4.69, 9.17) is 11.5 Å². The average molecular weight is 349 g/mol. The number of nitrogens with zero attached hydrogens (tertiary/aromatic N) is 6. The molecule has 0 atom stereocenters. The van der Waals surface area contributed by atoms with Crippen molar-refractivity contribution < 1.29 is 0 Å². The zero-order valence-corrected chi connectivity index (χ0v) is 14.1. The summed E-state index contributed by atoms with van der Waals surface area (Å²) in [6.45, 7) is 3.84. The summed E-state index contributed by atoms with van der Waals surface area (Å²) < 4.78 is 0. The van der Waals surface area contributed by atoms with Crippen LogP contribution in [0.1, 0.15) is 0 Å². The van der Waals surface area contributed by atoms with Gasteiger partial charge >= 0.3 is 0 Å². The molecular weight excluding hydrogens is 330 g/mol. The van der Waals surface area contributed by atoms with Crippen LogP contribution < -0.4 is 21.7 Å².